The van der Waals surface area contributed by atoms with Crippen molar-refractivity contribution < 1.29 is 24.4 Å². The molecule has 0 saturated carbocycles. The molecular weight excluding hydrogens is 400 g/mol. The lowest BCUT2D eigenvalue weighted by molar-refractivity contribution is -0.385. The van der Waals surface area contributed by atoms with Crippen LogP contribution in [0.1, 0.15) is 22.3 Å². The first-order valence-electron chi connectivity index (χ1n) is 8.54. The highest BCUT2D eigenvalue weighted by Crippen LogP contribution is 2.44. The Morgan fingerprint density at radius 3 is 2.72 bits per heavy atom. The van der Waals surface area contributed by atoms with Gasteiger partial charge in [0, 0.05) is 28.8 Å². The number of ether oxygens (including phenoxy) is 1. The van der Waals surface area contributed by atoms with Crippen LogP contribution in [0.2, 0.25) is 5.02 Å². The second kappa shape index (κ2) is 7.65. The Morgan fingerprint density at radius 2 is 2.10 bits per heavy atom. The van der Waals surface area contributed by atoms with E-state index in [2.05, 4.69) is 6.58 Å². The average Bonchev–Trinajstić information content (AvgIpc) is 2.89. The number of ketones is 1. The van der Waals surface area contributed by atoms with Gasteiger partial charge in [0.1, 0.15) is 0 Å². The third-order valence-electron chi connectivity index (χ3n) is 4.72. The van der Waals surface area contributed by atoms with E-state index in [1.54, 1.807) is 12.1 Å². The summed E-state index contributed by atoms with van der Waals surface area (Å²) in [7, 11) is 1.28. The molecule has 8 nitrogen and oxygen atoms in total. The maximum absolute atomic E-state index is 12.9. The number of nitro groups is 1. The fourth-order valence-electron chi connectivity index (χ4n) is 3.34. The Balaban J connectivity index is 2.01. The van der Waals surface area contributed by atoms with Gasteiger partial charge in [-0.25, -0.2) is 0 Å². The van der Waals surface area contributed by atoms with Crippen LogP contribution in [0.15, 0.2) is 49.1 Å². The molecule has 0 fully saturated rings. The lowest BCUT2D eigenvalue weighted by Crippen LogP contribution is -2.41. The van der Waals surface area contributed by atoms with Crippen molar-refractivity contribution in [2.45, 2.75) is 12.0 Å². The zero-order valence-electron chi connectivity index (χ0n) is 15.4. The molecule has 2 aromatic rings. The normalized spacial score (nSPS) is 17.8. The lowest BCUT2D eigenvalue weighted by Gasteiger charge is -2.22. The summed E-state index contributed by atoms with van der Waals surface area (Å²) < 4.78 is 4.93. The van der Waals surface area contributed by atoms with Crippen molar-refractivity contribution in [2.24, 2.45) is 0 Å². The topological polar surface area (TPSA) is 110 Å². The highest BCUT2D eigenvalue weighted by atomic mass is 35.5. The van der Waals surface area contributed by atoms with Gasteiger partial charge in [-0.3, -0.25) is 19.7 Å². The predicted octanol–water partition coefficient (Wildman–Crippen LogP) is 3.25. The number of carbonyl (C=O) groups is 2. The summed E-state index contributed by atoms with van der Waals surface area (Å²) in [5.41, 5.74) is -1.93. The van der Waals surface area contributed by atoms with Gasteiger partial charge in [-0.05, 0) is 30.3 Å². The van der Waals surface area contributed by atoms with Crippen molar-refractivity contribution in [2.75, 3.05) is 18.6 Å². The van der Waals surface area contributed by atoms with E-state index in [4.69, 9.17) is 16.3 Å². The third-order valence-corrected chi connectivity index (χ3v) is 4.95. The Bertz CT molecular complexity index is 1040. The SMILES string of the molecule is C=CCN1C(=O)[C@@](O)(CC(=O)c2ccc(OC)c([N+](=O)[O-])c2)c2cc(Cl)ccc21. The lowest BCUT2D eigenvalue weighted by atomic mass is 9.88. The van der Waals surface area contributed by atoms with Crippen LogP contribution in [0.5, 0.6) is 5.75 Å². The van der Waals surface area contributed by atoms with Gasteiger partial charge in [0.25, 0.3) is 5.91 Å². The molecule has 0 spiro atoms. The molecule has 3 rings (SSSR count). The van der Waals surface area contributed by atoms with Gasteiger partial charge in [-0.1, -0.05) is 17.7 Å². The van der Waals surface area contributed by atoms with E-state index >= 15 is 0 Å². The molecule has 0 saturated heterocycles. The average molecular weight is 417 g/mol. The molecule has 9 heteroatoms. The quantitative estimate of drug-likeness (QED) is 0.321. The molecule has 1 heterocycles. The van der Waals surface area contributed by atoms with Crippen molar-refractivity contribution in [3.63, 3.8) is 0 Å². The van der Waals surface area contributed by atoms with Crippen LogP contribution in [0.4, 0.5) is 11.4 Å². The third kappa shape index (κ3) is 3.48. The summed E-state index contributed by atoms with van der Waals surface area (Å²) in [5.74, 6) is -1.33. The largest absolute Gasteiger partial charge is 0.490 e. The highest BCUT2D eigenvalue weighted by molar-refractivity contribution is 6.31. The van der Waals surface area contributed by atoms with Gasteiger partial charge in [0.15, 0.2) is 17.1 Å². The van der Waals surface area contributed by atoms with Crippen LogP contribution in [0, 0.1) is 10.1 Å². The number of aliphatic hydroxyl groups is 1. The van der Waals surface area contributed by atoms with Gasteiger partial charge in [-0.15, -0.1) is 6.58 Å². The summed E-state index contributed by atoms with van der Waals surface area (Å²) in [6.45, 7) is 3.74. The zero-order chi connectivity index (χ0) is 21.3. The number of amides is 1. The number of fused-ring (bicyclic) bond motifs is 1. The second-order valence-electron chi connectivity index (χ2n) is 6.47. The second-order valence-corrected chi connectivity index (χ2v) is 6.91. The van der Waals surface area contributed by atoms with E-state index in [1.165, 1.54) is 36.3 Å². The van der Waals surface area contributed by atoms with Crippen molar-refractivity contribution in [3.05, 3.63) is 75.3 Å². The van der Waals surface area contributed by atoms with Crippen molar-refractivity contribution in [1.82, 2.24) is 0 Å². The molecule has 1 amide bonds. The van der Waals surface area contributed by atoms with Gasteiger partial charge < -0.3 is 14.7 Å². The summed E-state index contributed by atoms with van der Waals surface area (Å²) >= 11 is 6.03. The molecule has 0 aromatic heterocycles. The molecule has 1 aliphatic rings. The summed E-state index contributed by atoms with van der Waals surface area (Å²) in [6, 6.07) is 8.29. The van der Waals surface area contributed by atoms with E-state index in [-0.39, 0.29) is 29.1 Å². The van der Waals surface area contributed by atoms with Crippen molar-refractivity contribution in [3.8, 4) is 5.75 Å². The van der Waals surface area contributed by atoms with E-state index in [0.29, 0.717) is 10.7 Å². The standard InChI is InChI=1S/C20H17ClN2O6/c1-3-8-22-15-6-5-13(21)10-14(15)20(26,19(22)25)11-17(24)12-4-7-18(29-2)16(9-12)23(27)28/h3-7,9-10,26H,1,8,11H2,2H3/t20-/m1/s1. The zero-order valence-corrected chi connectivity index (χ0v) is 16.2. The number of hydrogen-bond acceptors (Lipinski definition) is 6. The smallest absolute Gasteiger partial charge is 0.311 e. The van der Waals surface area contributed by atoms with E-state index < -0.39 is 28.6 Å². The number of carbonyl (C=O) groups excluding carboxylic acids is 2. The summed E-state index contributed by atoms with van der Waals surface area (Å²) in [4.78, 5) is 37.6. The molecule has 1 aliphatic heterocycles. The Kier molecular flexibility index (Phi) is 5.41. The minimum Gasteiger partial charge on any atom is -0.490 e. The number of Topliss-reactive ketones (excluding diaryl/α,β-unsaturated/α-hetero) is 1. The molecule has 150 valence electrons. The van der Waals surface area contributed by atoms with Crippen molar-refractivity contribution >= 4 is 34.7 Å². The number of benzene rings is 2. The van der Waals surface area contributed by atoms with Gasteiger partial charge in [0.05, 0.1) is 24.1 Å². The van der Waals surface area contributed by atoms with Gasteiger partial charge >= 0.3 is 5.69 Å². The number of halogens is 1. The van der Waals surface area contributed by atoms with E-state index in [9.17, 15) is 24.8 Å². The number of rotatable bonds is 7. The molecule has 0 unspecified atom stereocenters. The molecule has 0 radical (unpaired) electrons. The first-order chi connectivity index (χ1) is 13.7. The maximum Gasteiger partial charge on any atom is 0.311 e. The molecule has 0 bridgehead atoms. The number of anilines is 1. The molecular formula is C20H17ClN2O6. The van der Waals surface area contributed by atoms with Crippen LogP contribution in [0.3, 0.4) is 0 Å². The van der Waals surface area contributed by atoms with Crippen molar-refractivity contribution in [1.29, 1.82) is 0 Å². The highest BCUT2D eigenvalue weighted by Gasteiger charge is 2.50. The molecule has 29 heavy (non-hydrogen) atoms. The number of nitro benzene ring substituents is 1. The number of methoxy groups -OCH3 is 1. The molecule has 1 N–H and O–H groups in total. The summed E-state index contributed by atoms with van der Waals surface area (Å²) in [6.07, 6.45) is 0.896. The molecule has 1 atom stereocenters. The number of hydrogen-bond donors (Lipinski definition) is 1. The fourth-order valence-corrected chi connectivity index (χ4v) is 3.52. The summed E-state index contributed by atoms with van der Waals surface area (Å²) in [5, 5.41) is 22.7. The first kappa shape index (κ1) is 20.5. The Morgan fingerprint density at radius 1 is 1.38 bits per heavy atom. The minimum absolute atomic E-state index is 0.00325. The maximum atomic E-state index is 12.9. The van der Waals surface area contributed by atoms with Crippen LogP contribution < -0.4 is 9.64 Å². The van der Waals surface area contributed by atoms with Gasteiger partial charge in [0.2, 0.25) is 0 Å². The number of nitrogens with zero attached hydrogens (tertiary/aromatic N) is 2. The molecule has 2 aromatic carbocycles. The fraction of sp³-hybridized carbons (Fsp3) is 0.200. The van der Waals surface area contributed by atoms with Gasteiger partial charge in [-0.2, -0.15) is 0 Å². The van der Waals surface area contributed by atoms with E-state index in [0.717, 1.165) is 6.07 Å². The van der Waals surface area contributed by atoms with Crippen LogP contribution in [-0.4, -0.2) is 35.4 Å². The van der Waals surface area contributed by atoms with Crippen LogP contribution >= 0.6 is 11.6 Å². The monoisotopic (exact) mass is 416 g/mol. The minimum atomic E-state index is -2.14. The van der Waals surface area contributed by atoms with Crippen LogP contribution in [0.25, 0.3) is 0 Å². The Labute approximate surface area is 171 Å². The van der Waals surface area contributed by atoms with E-state index in [1.807, 2.05) is 0 Å². The predicted molar refractivity (Wildman–Crippen MR) is 106 cm³/mol. The molecule has 0 aliphatic carbocycles. The Hall–Kier alpha value is -3.23. The van der Waals surface area contributed by atoms with Crippen LogP contribution in [-0.2, 0) is 10.4 Å². The first-order valence-corrected chi connectivity index (χ1v) is 8.91.